The van der Waals surface area contributed by atoms with Crippen molar-refractivity contribution < 1.29 is 4.79 Å². The predicted octanol–water partition coefficient (Wildman–Crippen LogP) is 4.28. The van der Waals surface area contributed by atoms with Crippen molar-refractivity contribution in [1.29, 1.82) is 0 Å². The second-order valence-electron chi connectivity index (χ2n) is 10.4. The summed E-state index contributed by atoms with van der Waals surface area (Å²) in [6.07, 6.45) is 7.74. The summed E-state index contributed by atoms with van der Waals surface area (Å²) in [6, 6.07) is 2.30. The van der Waals surface area contributed by atoms with Crippen molar-refractivity contribution in [2.75, 3.05) is 33.7 Å². The van der Waals surface area contributed by atoms with Gasteiger partial charge in [-0.1, -0.05) is 13.8 Å². The fourth-order valence-corrected chi connectivity index (χ4v) is 5.34. The van der Waals surface area contributed by atoms with Crippen LogP contribution in [0.25, 0.3) is 27.8 Å². The molecule has 1 N–H and O–H groups in total. The third kappa shape index (κ3) is 4.20. The van der Waals surface area contributed by atoms with E-state index < -0.39 is 0 Å². The molecule has 4 aromatic heterocycles. The highest BCUT2D eigenvalue weighted by Crippen LogP contribution is 2.39. The van der Waals surface area contributed by atoms with E-state index in [4.69, 9.17) is 4.98 Å². The summed E-state index contributed by atoms with van der Waals surface area (Å²) in [5.74, 6) is 0.928. The number of pyridine rings is 2. The largest absolute Gasteiger partial charge is 0.353 e. The van der Waals surface area contributed by atoms with Crippen molar-refractivity contribution in [1.82, 2.24) is 34.4 Å². The summed E-state index contributed by atoms with van der Waals surface area (Å²) in [5, 5.41) is 5.65. The molecule has 0 unspecified atom stereocenters. The van der Waals surface area contributed by atoms with Gasteiger partial charge in [-0.25, -0.2) is 9.50 Å². The molecule has 1 fully saturated rings. The molecule has 0 saturated carbocycles. The summed E-state index contributed by atoms with van der Waals surface area (Å²) in [7, 11) is 3.64. The van der Waals surface area contributed by atoms with Gasteiger partial charge in [0.05, 0.1) is 24.0 Å². The van der Waals surface area contributed by atoms with Crippen molar-refractivity contribution in [2.24, 2.45) is 0 Å². The molecule has 4 aromatic rings. The quantitative estimate of drug-likeness (QED) is 0.468. The molecule has 0 spiro atoms. The van der Waals surface area contributed by atoms with Gasteiger partial charge in [0, 0.05) is 42.9 Å². The lowest BCUT2D eigenvalue weighted by atomic mass is 9.90. The molecule has 8 heteroatoms. The lowest BCUT2D eigenvalue weighted by Crippen LogP contribution is -2.40. The summed E-state index contributed by atoms with van der Waals surface area (Å²) in [6.45, 7) is 11.1. The molecule has 0 atom stereocenters. The molecule has 1 saturated heterocycles. The van der Waals surface area contributed by atoms with Gasteiger partial charge in [-0.15, -0.1) is 0 Å². The third-order valence-electron chi connectivity index (χ3n) is 7.58. The van der Waals surface area contributed by atoms with Gasteiger partial charge in [0.2, 0.25) is 5.91 Å². The Labute approximate surface area is 206 Å². The standard InChI is InChI=1S/C27H35N7O/c1-16(2)25-20-11-22(19-7-9-33(10-8-19)14-24(35)32(5)6)28-12-23(20)31-26(25)21-13-34-27(29-15-30-34)18(4)17(21)3/h11-13,15-16,19,31H,7-10,14H2,1-6H3. The summed E-state index contributed by atoms with van der Waals surface area (Å²) in [4.78, 5) is 29.0. The van der Waals surface area contributed by atoms with Gasteiger partial charge < -0.3 is 9.88 Å². The van der Waals surface area contributed by atoms with Gasteiger partial charge in [0.15, 0.2) is 5.65 Å². The van der Waals surface area contributed by atoms with Gasteiger partial charge in [-0.3, -0.25) is 14.7 Å². The van der Waals surface area contributed by atoms with Crippen LogP contribution in [0.3, 0.4) is 0 Å². The van der Waals surface area contributed by atoms with Crippen LogP contribution in [0.4, 0.5) is 0 Å². The van der Waals surface area contributed by atoms with Crippen molar-refractivity contribution in [3.8, 4) is 11.3 Å². The summed E-state index contributed by atoms with van der Waals surface area (Å²) >= 11 is 0. The Kier molecular flexibility index (Phi) is 6.09. The molecule has 5 heterocycles. The fraction of sp³-hybridized carbons (Fsp3) is 0.481. The number of hydrogen-bond donors (Lipinski definition) is 1. The van der Waals surface area contributed by atoms with Crippen LogP contribution in [0.15, 0.2) is 24.8 Å². The van der Waals surface area contributed by atoms with Crippen LogP contribution in [0.2, 0.25) is 0 Å². The van der Waals surface area contributed by atoms with Crippen molar-refractivity contribution in [2.45, 2.75) is 52.4 Å². The number of likely N-dealkylation sites (tertiary alicyclic amines) is 1. The predicted molar refractivity (Wildman–Crippen MR) is 139 cm³/mol. The number of fused-ring (bicyclic) bond motifs is 2. The smallest absolute Gasteiger partial charge is 0.236 e. The number of H-pyrrole nitrogens is 1. The first-order valence-electron chi connectivity index (χ1n) is 12.5. The molecule has 0 radical (unpaired) electrons. The van der Waals surface area contributed by atoms with Gasteiger partial charge in [-0.05, 0) is 68.5 Å². The van der Waals surface area contributed by atoms with Gasteiger partial charge in [0.1, 0.15) is 6.33 Å². The van der Waals surface area contributed by atoms with Gasteiger partial charge in [-0.2, -0.15) is 5.10 Å². The number of carbonyl (C=O) groups excluding carboxylic acids is 1. The van der Waals surface area contributed by atoms with E-state index in [0.29, 0.717) is 18.4 Å². The minimum atomic E-state index is 0.166. The Morgan fingerprint density at radius 2 is 1.91 bits per heavy atom. The van der Waals surface area contributed by atoms with E-state index >= 15 is 0 Å². The third-order valence-corrected chi connectivity index (χ3v) is 7.58. The Hall–Kier alpha value is -3.26. The molecule has 0 aromatic carbocycles. The Balaban J connectivity index is 1.49. The minimum Gasteiger partial charge on any atom is -0.353 e. The van der Waals surface area contributed by atoms with E-state index in [0.717, 1.165) is 59.6 Å². The number of likely N-dealkylation sites (N-methyl/N-ethyl adjacent to an activating group) is 1. The molecule has 1 aliphatic heterocycles. The Morgan fingerprint density at radius 3 is 2.60 bits per heavy atom. The van der Waals surface area contributed by atoms with Crippen molar-refractivity contribution in [3.05, 3.63) is 47.2 Å². The topological polar surface area (TPSA) is 82.4 Å². The number of aryl methyl sites for hydroxylation is 1. The molecular formula is C27H35N7O. The Bertz CT molecular complexity index is 1390. The van der Waals surface area contributed by atoms with Crippen LogP contribution < -0.4 is 0 Å². The SMILES string of the molecule is Cc1c(-c2[nH]c3cnc(C4CCN(CC(=O)N(C)C)CC4)cc3c2C(C)C)cn2ncnc2c1C. The minimum absolute atomic E-state index is 0.166. The molecule has 184 valence electrons. The van der Waals surface area contributed by atoms with Crippen molar-refractivity contribution >= 4 is 22.5 Å². The normalized spacial score (nSPS) is 15.5. The first-order valence-corrected chi connectivity index (χ1v) is 12.5. The summed E-state index contributed by atoms with van der Waals surface area (Å²) < 4.78 is 1.87. The number of amides is 1. The molecular weight excluding hydrogens is 438 g/mol. The number of carbonyl (C=O) groups is 1. The zero-order valence-corrected chi connectivity index (χ0v) is 21.6. The highest BCUT2D eigenvalue weighted by atomic mass is 16.2. The van der Waals surface area contributed by atoms with Gasteiger partial charge in [0.25, 0.3) is 0 Å². The molecule has 1 amide bonds. The van der Waals surface area contributed by atoms with Crippen LogP contribution in [0.1, 0.15) is 60.9 Å². The zero-order chi connectivity index (χ0) is 24.9. The zero-order valence-electron chi connectivity index (χ0n) is 21.6. The van der Waals surface area contributed by atoms with Crippen LogP contribution in [0, 0.1) is 13.8 Å². The van der Waals surface area contributed by atoms with E-state index in [1.54, 1.807) is 11.2 Å². The first-order chi connectivity index (χ1) is 16.7. The number of nitrogens with zero attached hydrogens (tertiary/aromatic N) is 6. The average molecular weight is 474 g/mol. The molecule has 8 nitrogen and oxygen atoms in total. The molecule has 0 bridgehead atoms. The van der Waals surface area contributed by atoms with E-state index in [9.17, 15) is 4.79 Å². The van der Waals surface area contributed by atoms with Crippen LogP contribution >= 0.6 is 0 Å². The van der Waals surface area contributed by atoms with Crippen LogP contribution in [0.5, 0.6) is 0 Å². The number of nitrogens with one attached hydrogen (secondary N) is 1. The summed E-state index contributed by atoms with van der Waals surface area (Å²) in [5.41, 5.74) is 9.10. The lowest BCUT2D eigenvalue weighted by molar-refractivity contribution is -0.130. The van der Waals surface area contributed by atoms with Crippen LogP contribution in [-0.2, 0) is 4.79 Å². The second-order valence-corrected chi connectivity index (χ2v) is 10.4. The second kappa shape index (κ2) is 9.07. The average Bonchev–Trinajstić information content (AvgIpc) is 3.46. The maximum absolute atomic E-state index is 12.1. The Morgan fingerprint density at radius 1 is 1.17 bits per heavy atom. The van der Waals surface area contributed by atoms with E-state index in [1.807, 2.05) is 24.8 Å². The lowest BCUT2D eigenvalue weighted by Gasteiger charge is -2.31. The first kappa shape index (κ1) is 23.5. The van der Waals surface area contributed by atoms with E-state index in [-0.39, 0.29) is 5.91 Å². The molecule has 35 heavy (non-hydrogen) atoms. The number of piperidine rings is 1. The van der Waals surface area contributed by atoms with Crippen molar-refractivity contribution in [3.63, 3.8) is 0 Å². The van der Waals surface area contributed by atoms with Gasteiger partial charge >= 0.3 is 0 Å². The van der Waals surface area contributed by atoms with E-state index in [1.165, 1.54) is 16.5 Å². The number of rotatable bonds is 5. The maximum atomic E-state index is 12.1. The highest BCUT2D eigenvalue weighted by molar-refractivity contribution is 5.92. The monoisotopic (exact) mass is 473 g/mol. The fourth-order valence-electron chi connectivity index (χ4n) is 5.34. The molecule has 5 rings (SSSR count). The van der Waals surface area contributed by atoms with E-state index in [2.05, 4.69) is 59.9 Å². The number of aromatic amines is 1. The number of hydrogen-bond acceptors (Lipinski definition) is 5. The maximum Gasteiger partial charge on any atom is 0.236 e. The molecule has 0 aliphatic carbocycles. The van der Waals surface area contributed by atoms with Crippen LogP contribution in [-0.4, -0.2) is 74.0 Å². The molecule has 1 aliphatic rings. The highest BCUT2D eigenvalue weighted by Gasteiger charge is 2.25. The number of aromatic nitrogens is 5.